The Hall–Kier alpha value is -2.90. The highest BCUT2D eigenvalue weighted by Crippen LogP contribution is 2.23. The molecule has 0 aliphatic carbocycles. The van der Waals surface area contributed by atoms with Crippen molar-refractivity contribution >= 4 is 29.4 Å². The Morgan fingerprint density at radius 3 is 2.46 bits per heavy atom. The molecule has 0 saturated carbocycles. The molecule has 0 atom stereocenters. The number of benzene rings is 1. The number of rotatable bonds is 7. The van der Waals surface area contributed by atoms with Gasteiger partial charge in [0.25, 0.3) is 0 Å². The van der Waals surface area contributed by atoms with Crippen LogP contribution in [0.2, 0.25) is 0 Å². The van der Waals surface area contributed by atoms with Crippen molar-refractivity contribution in [2.45, 2.75) is 19.8 Å². The minimum Gasteiger partial charge on any atom is -0.495 e. The molecule has 8 nitrogen and oxygen atoms in total. The standard InChI is InChI=1S/C16H19N3O5/c1-3-4-9-18-14(21)15(22)19(16(18)23)10-13(20)17-11-7-5-6-8-12(11)24-2/h5-8H,3-4,9-10H2,1-2H3,(H,17,20). The van der Waals surface area contributed by atoms with Crippen LogP contribution >= 0.6 is 0 Å². The van der Waals surface area contributed by atoms with Gasteiger partial charge in [0.1, 0.15) is 12.3 Å². The van der Waals surface area contributed by atoms with Crippen LogP contribution in [0.15, 0.2) is 24.3 Å². The van der Waals surface area contributed by atoms with Gasteiger partial charge in [-0.25, -0.2) is 9.69 Å². The van der Waals surface area contributed by atoms with Gasteiger partial charge in [0.2, 0.25) is 5.91 Å². The van der Waals surface area contributed by atoms with Gasteiger partial charge in [-0.05, 0) is 18.6 Å². The number of urea groups is 1. The molecule has 1 aliphatic heterocycles. The fourth-order valence-electron chi connectivity index (χ4n) is 2.28. The number of ether oxygens (including phenoxy) is 1. The zero-order valence-electron chi connectivity index (χ0n) is 13.6. The number of para-hydroxylation sites is 2. The van der Waals surface area contributed by atoms with Crippen LogP contribution in [0.25, 0.3) is 0 Å². The van der Waals surface area contributed by atoms with Crippen molar-refractivity contribution in [2.24, 2.45) is 0 Å². The molecule has 2 rings (SSSR count). The smallest absolute Gasteiger partial charge is 0.334 e. The number of nitrogens with zero attached hydrogens (tertiary/aromatic N) is 2. The maximum Gasteiger partial charge on any atom is 0.334 e. The molecule has 24 heavy (non-hydrogen) atoms. The molecule has 128 valence electrons. The highest BCUT2D eigenvalue weighted by Gasteiger charge is 2.44. The van der Waals surface area contributed by atoms with Gasteiger partial charge in [0, 0.05) is 6.54 Å². The Balaban J connectivity index is 2.04. The molecule has 1 N–H and O–H groups in total. The Morgan fingerprint density at radius 1 is 1.12 bits per heavy atom. The first-order valence-corrected chi connectivity index (χ1v) is 7.59. The van der Waals surface area contributed by atoms with E-state index in [0.717, 1.165) is 11.3 Å². The van der Waals surface area contributed by atoms with Gasteiger partial charge >= 0.3 is 17.8 Å². The average molecular weight is 333 g/mol. The van der Waals surface area contributed by atoms with Crippen molar-refractivity contribution in [3.8, 4) is 5.75 Å². The largest absolute Gasteiger partial charge is 0.495 e. The highest BCUT2D eigenvalue weighted by atomic mass is 16.5. The SMILES string of the molecule is CCCCN1C(=O)C(=O)N(CC(=O)Nc2ccccc2OC)C1=O. The van der Waals surface area contributed by atoms with Crippen molar-refractivity contribution < 1.29 is 23.9 Å². The number of imide groups is 2. The van der Waals surface area contributed by atoms with Gasteiger partial charge in [-0.2, -0.15) is 0 Å². The molecule has 0 radical (unpaired) electrons. The van der Waals surface area contributed by atoms with E-state index in [1.165, 1.54) is 7.11 Å². The molecule has 1 heterocycles. The summed E-state index contributed by atoms with van der Waals surface area (Å²) in [6.07, 6.45) is 1.38. The molecule has 8 heteroatoms. The monoisotopic (exact) mass is 333 g/mol. The summed E-state index contributed by atoms with van der Waals surface area (Å²) in [6, 6.07) is 5.99. The van der Waals surface area contributed by atoms with Crippen LogP contribution in [0.1, 0.15) is 19.8 Å². The van der Waals surface area contributed by atoms with Crippen molar-refractivity contribution in [1.29, 1.82) is 0 Å². The third-order valence-electron chi connectivity index (χ3n) is 3.55. The fraction of sp³-hybridized carbons (Fsp3) is 0.375. The lowest BCUT2D eigenvalue weighted by Crippen LogP contribution is -2.39. The van der Waals surface area contributed by atoms with Gasteiger partial charge in [-0.15, -0.1) is 0 Å². The Morgan fingerprint density at radius 2 is 1.79 bits per heavy atom. The van der Waals surface area contributed by atoms with Crippen LogP contribution in [0.4, 0.5) is 10.5 Å². The van der Waals surface area contributed by atoms with Crippen LogP contribution in [-0.2, 0) is 14.4 Å². The lowest BCUT2D eigenvalue weighted by Gasteiger charge is -2.15. The van der Waals surface area contributed by atoms with Gasteiger partial charge in [-0.1, -0.05) is 25.5 Å². The van der Waals surface area contributed by atoms with Gasteiger partial charge in [-0.3, -0.25) is 19.3 Å². The van der Waals surface area contributed by atoms with E-state index in [1.807, 2.05) is 6.92 Å². The second-order valence-electron chi connectivity index (χ2n) is 5.23. The number of anilines is 1. The molecule has 1 aromatic carbocycles. The topological polar surface area (TPSA) is 96.0 Å². The number of carbonyl (C=O) groups excluding carboxylic acids is 4. The normalized spacial score (nSPS) is 14.3. The third-order valence-corrected chi connectivity index (χ3v) is 3.55. The van der Waals surface area contributed by atoms with Gasteiger partial charge < -0.3 is 10.1 Å². The van der Waals surface area contributed by atoms with E-state index >= 15 is 0 Å². The lowest BCUT2D eigenvalue weighted by molar-refractivity contribution is -0.143. The number of unbranched alkanes of at least 4 members (excludes halogenated alkanes) is 1. The van der Waals surface area contributed by atoms with Crippen LogP contribution in [0.3, 0.4) is 0 Å². The average Bonchev–Trinajstić information content (AvgIpc) is 2.77. The first-order valence-electron chi connectivity index (χ1n) is 7.59. The molecule has 1 saturated heterocycles. The van der Waals surface area contributed by atoms with Gasteiger partial charge in [0.15, 0.2) is 0 Å². The summed E-state index contributed by atoms with van der Waals surface area (Å²) >= 11 is 0. The summed E-state index contributed by atoms with van der Waals surface area (Å²) in [5.74, 6) is -2.01. The van der Waals surface area contributed by atoms with E-state index in [2.05, 4.69) is 5.32 Å². The van der Waals surface area contributed by atoms with Crippen LogP contribution < -0.4 is 10.1 Å². The molecule has 1 fully saturated rings. The predicted octanol–water partition coefficient (Wildman–Crippen LogP) is 1.22. The number of hydrogen-bond acceptors (Lipinski definition) is 5. The molecule has 0 unspecified atom stereocenters. The first kappa shape index (κ1) is 17.5. The van der Waals surface area contributed by atoms with Gasteiger partial charge in [0.05, 0.1) is 12.8 Å². The van der Waals surface area contributed by atoms with Crippen molar-refractivity contribution in [3.63, 3.8) is 0 Å². The van der Waals surface area contributed by atoms with Crippen molar-refractivity contribution in [2.75, 3.05) is 25.5 Å². The van der Waals surface area contributed by atoms with Crippen LogP contribution in [0, 0.1) is 0 Å². The number of hydrogen-bond donors (Lipinski definition) is 1. The summed E-state index contributed by atoms with van der Waals surface area (Å²) in [5.41, 5.74) is 0.415. The quantitative estimate of drug-likeness (QED) is 0.598. The summed E-state index contributed by atoms with van der Waals surface area (Å²) in [6.45, 7) is 1.56. The molecule has 1 aliphatic rings. The lowest BCUT2D eigenvalue weighted by atomic mass is 10.3. The summed E-state index contributed by atoms with van der Waals surface area (Å²) < 4.78 is 5.11. The molecule has 5 amide bonds. The van der Waals surface area contributed by atoms with E-state index in [-0.39, 0.29) is 6.54 Å². The minimum atomic E-state index is -0.980. The summed E-state index contributed by atoms with van der Waals surface area (Å²) in [7, 11) is 1.46. The molecular formula is C16H19N3O5. The maximum atomic E-state index is 12.1. The van der Waals surface area contributed by atoms with E-state index in [1.54, 1.807) is 24.3 Å². The molecule has 0 bridgehead atoms. The van der Waals surface area contributed by atoms with Crippen LogP contribution in [0.5, 0.6) is 5.75 Å². The zero-order chi connectivity index (χ0) is 17.7. The maximum absolute atomic E-state index is 12.1. The molecule has 1 aromatic rings. The Labute approximate surface area is 139 Å². The predicted molar refractivity (Wildman–Crippen MR) is 85.4 cm³/mol. The second-order valence-corrected chi connectivity index (χ2v) is 5.23. The zero-order valence-corrected chi connectivity index (χ0v) is 13.6. The number of methoxy groups -OCH3 is 1. The fourth-order valence-corrected chi connectivity index (χ4v) is 2.28. The minimum absolute atomic E-state index is 0.171. The molecule has 0 aromatic heterocycles. The van der Waals surface area contributed by atoms with E-state index in [9.17, 15) is 19.2 Å². The Kier molecular flexibility index (Phi) is 5.51. The molecular weight excluding hydrogens is 314 g/mol. The van der Waals surface area contributed by atoms with E-state index in [4.69, 9.17) is 4.74 Å². The highest BCUT2D eigenvalue weighted by molar-refractivity contribution is 6.45. The van der Waals surface area contributed by atoms with Crippen molar-refractivity contribution in [1.82, 2.24) is 9.80 Å². The third kappa shape index (κ3) is 3.53. The van der Waals surface area contributed by atoms with Crippen molar-refractivity contribution in [3.05, 3.63) is 24.3 Å². The number of amides is 5. The molecule has 0 spiro atoms. The second kappa shape index (κ2) is 7.58. The first-order chi connectivity index (χ1) is 11.5. The Bertz CT molecular complexity index is 673. The number of carbonyl (C=O) groups is 4. The number of nitrogens with one attached hydrogen (secondary N) is 1. The van der Waals surface area contributed by atoms with E-state index in [0.29, 0.717) is 22.8 Å². The van der Waals surface area contributed by atoms with E-state index < -0.39 is 30.3 Å². The summed E-state index contributed by atoms with van der Waals surface area (Å²) in [4.78, 5) is 49.5. The summed E-state index contributed by atoms with van der Waals surface area (Å²) in [5, 5.41) is 2.56. The van der Waals surface area contributed by atoms with Crippen LogP contribution in [-0.4, -0.2) is 53.8 Å².